The Kier molecular flexibility index (Phi) is 4.83. The van der Waals surface area contributed by atoms with Crippen LogP contribution >= 0.6 is 0 Å². The van der Waals surface area contributed by atoms with Crippen molar-refractivity contribution in [3.63, 3.8) is 0 Å². The summed E-state index contributed by atoms with van der Waals surface area (Å²) in [5.41, 5.74) is 1.24. The number of piperazine rings is 1. The number of hydrogen-bond donors (Lipinski definition) is 1. The third-order valence-corrected chi connectivity index (χ3v) is 4.44. The Morgan fingerprint density at radius 3 is 3.05 bits per heavy atom. The van der Waals surface area contributed by atoms with Gasteiger partial charge in [-0.1, -0.05) is 31.5 Å². The average molecular weight is 303 g/mol. The van der Waals surface area contributed by atoms with Crippen molar-refractivity contribution in [1.29, 1.82) is 0 Å². The SMILES string of the molecule is CCCCOc1ccccc1CN1CCN2C(=O)NCC2C1. The fraction of sp³-hybridized carbons (Fsp3) is 0.588. The van der Waals surface area contributed by atoms with Crippen LogP contribution in [0.5, 0.6) is 5.75 Å². The highest BCUT2D eigenvalue weighted by molar-refractivity contribution is 5.77. The second-order valence-corrected chi connectivity index (χ2v) is 6.08. The number of benzene rings is 1. The highest BCUT2D eigenvalue weighted by Gasteiger charge is 2.35. The number of amides is 2. The smallest absolute Gasteiger partial charge is 0.317 e. The number of nitrogens with zero attached hydrogens (tertiary/aromatic N) is 2. The third kappa shape index (κ3) is 3.35. The summed E-state index contributed by atoms with van der Waals surface area (Å²) in [4.78, 5) is 16.0. The van der Waals surface area contributed by atoms with Crippen molar-refractivity contribution in [3.8, 4) is 5.75 Å². The molecule has 2 aliphatic heterocycles. The summed E-state index contributed by atoms with van der Waals surface area (Å²) in [7, 11) is 0. The molecule has 1 aromatic carbocycles. The topological polar surface area (TPSA) is 44.8 Å². The Bertz CT molecular complexity index is 520. The van der Waals surface area contributed by atoms with E-state index in [-0.39, 0.29) is 6.03 Å². The van der Waals surface area contributed by atoms with Crippen molar-refractivity contribution < 1.29 is 9.53 Å². The second-order valence-electron chi connectivity index (χ2n) is 6.08. The minimum atomic E-state index is 0.0907. The van der Waals surface area contributed by atoms with E-state index in [1.807, 2.05) is 11.0 Å². The van der Waals surface area contributed by atoms with Crippen LogP contribution in [0.25, 0.3) is 0 Å². The van der Waals surface area contributed by atoms with Crippen molar-refractivity contribution in [2.75, 3.05) is 32.8 Å². The van der Waals surface area contributed by atoms with Gasteiger partial charge in [0.2, 0.25) is 0 Å². The van der Waals surface area contributed by atoms with Gasteiger partial charge in [0.05, 0.1) is 12.6 Å². The molecule has 5 nitrogen and oxygen atoms in total. The van der Waals surface area contributed by atoms with Gasteiger partial charge in [-0.2, -0.15) is 0 Å². The Morgan fingerprint density at radius 1 is 1.32 bits per heavy atom. The van der Waals surface area contributed by atoms with Crippen LogP contribution in [0.4, 0.5) is 4.79 Å². The molecule has 1 atom stereocenters. The third-order valence-electron chi connectivity index (χ3n) is 4.44. The molecule has 2 saturated heterocycles. The number of carbonyl (C=O) groups is 1. The monoisotopic (exact) mass is 303 g/mol. The molecular formula is C17H25N3O2. The van der Waals surface area contributed by atoms with E-state index >= 15 is 0 Å². The van der Waals surface area contributed by atoms with Crippen LogP contribution < -0.4 is 10.1 Å². The van der Waals surface area contributed by atoms with Gasteiger partial charge in [-0.15, -0.1) is 0 Å². The zero-order valence-electron chi connectivity index (χ0n) is 13.3. The minimum absolute atomic E-state index is 0.0907. The van der Waals surface area contributed by atoms with E-state index in [4.69, 9.17) is 4.74 Å². The maximum atomic E-state index is 11.7. The van der Waals surface area contributed by atoms with E-state index in [2.05, 4.69) is 35.3 Å². The van der Waals surface area contributed by atoms with Gasteiger partial charge < -0.3 is 15.0 Å². The molecule has 2 fully saturated rings. The zero-order chi connectivity index (χ0) is 15.4. The summed E-state index contributed by atoms with van der Waals surface area (Å²) in [6, 6.07) is 8.71. The lowest BCUT2D eigenvalue weighted by molar-refractivity contribution is 0.115. The van der Waals surface area contributed by atoms with Crippen LogP contribution in [-0.2, 0) is 6.54 Å². The van der Waals surface area contributed by atoms with E-state index in [9.17, 15) is 4.79 Å². The van der Waals surface area contributed by atoms with Crippen LogP contribution in [0.15, 0.2) is 24.3 Å². The molecule has 0 bridgehead atoms. The van der Waals surface area contributed by atoms with Crippen molar-refractivity contribution in [2.45, 2.75) is 32.4 Å². The first-order chi connectivity index (χ1) is 10.8. The molecule has 5 heteroatoms. The minimum Gasteiger partial charge on any atom is -0.493 e. The van der Waals surface area contributed by atoms with E-state index in [1.54, 1.807) is 0 Å². The van der Waals surface area contributed by atoms with Gasteiger partial charge in [0, 0.05) is 38.3 Å². The predicted octanol–water partition coefficient (Wildman–Crippen LogP) is 2.07. The standard InChI is InChI=1S/C17H25N3O2/c1-2-3-10-22-16-7-5-4-6-14(16)12-19-8-9-20-15(13-19)11-18-17(20)21/h4-7,15H,2-3,8-13H2,1H3,(H,18,21). The molecule has 0 spiro atoms. The molecular weight excluding hydrogens is 278 g/mol. The normalized spacial score (nSPS) is 21.6. The molecule has 2 amide bonds. The molecule has 1 aromatic rings. The Morgan fingerprint density at radius 2 is 2.18 bits per heavy atom. The number of hydrogen-bond acceptors (Lipinski definition) is 3. The summed E-state index contributed by atoms with van der Waals surface area (Å²) in [5.74, 6) is 0.999. The molecule has 2 aliphatic rings. The number of rotatable bonds is 6. The highest BCUT2D eigenvalue weighted by Crippen LogP contribution is 2.22. The first kappa shape index (κ1) is 15.2. The lowest BCUT2D eigenvalue weighted by Gasteiger charge is -2.36. The van der Waals surface area contributed by atoms with Crippen molar-refractivity contribution in [1.82, 2.24) is 15.1 Å². The first-order valence-corrected chi connectivity index (χ1v) is 8.25. The molecule has 1 unspecified atom stereocenters. The summed E-state index contributed by atoms with van der Waals surface area (Å²) in [6.45, 7) is 7.28. The number of carbonyl (C=O) groups excluding carboxylic acids is 1. The molecule has 0 aromatic heterocycles. The molecule has 1 N–H and O–H groups in total. The lowest BCUT2D eigenvalue weighted by Crippen LogP contribution is -2.51. The van der Waals surface area contributed by atoms with Gasteiger partial charge >= 0.3 is 6.03 Å². The Balaban J connectivity index is 1.60. The fourth-order valence-electron chi connectivity index (χ4n) is 3.15. The van der Waals surface area contributed by atoms with Gasteiger partial charge in [-0.3, -0.25) is 4.90 Å². The zero-order valence-corrected chi connectivity index (χ0v) is 13.3. The number of urea groups is 1. The van der Waals surface area contributed by atoms with Crippen molar-refractivity contribution in [3.05, 3.63) is 29.8 Å². The quantitative estimate of drug-likeness (QED) is 0.818. The van der Waals surface area contributed by atoms with E-state index in [1.165, 1.54) is 5.56 Å². The summed E-state index contributed by atoms with van der Waals surface area (Å²) in [5, 5.41) is 2.93. The summed E-state index contributed by atoms with van der Waals surface area (Å²) in [6.07, 6.45) is 2.23. The Labute approximate surface area is 132 Å². The maximum Gasteiger partial charge on any atom is 0.317 e. The molecule has 0 saturated carbocycles. The number of fused-ring (bicyclic) bond motifs is 1. The molecule has 2 heterocycles. The van der Waals surface area contributed by atoms with E-state index in [0.29, 0.717) is 6.04 Å². The molecule has 3 rings (SSSR count). The van der Waals surface area contributed by atoms with Gasteiger partial charge in [0.1, 0.15) is 5.75 Å². The molecule has 0 radical (unpaired) electrons. The van der Waals surface area contributed by atoms with Crippen LogP contribution in [-0.4, -0.2) is 54.7 Å². The Hall–Kier alpha value is -1.75. The second kappa shape index (κ2) is 7.01. The maximum absolute atomic E-state index is 11.7. The van der Waals surface area contributed by atoms with Crippen LogP contribution in [0, 0.1) is 0 Å². The largest absolute Gasteiger partial charge is 0.493 e. The highest BCUT2D eigenvalue weighted by atomic mass is 16.5. The number of unbranched alkanes of at least 4 members (excludes halogenated alkanes) is 1. The fourth-order valence-corrected chi connectivity index (χ4v) is 3.15. The van der Waals surface area contributed by atoms with Gasteiger partial charge in [0.15, 0.2) is 0 Å². The molecule has 0 aliphatic carbocycles. The number of nitrogens with one attached hydrogen (secondary N) is 1. The molecule has 120 valence electrons. The van der Waals surface area contributed by atoms with E-state index < -0.39 is 0 Å². The predicted molar refractivity (Wildman–Crippen MR) is 86.0 cm³/mol. The van der Waals surface area contributed by atoms with Crippen LogP contribution in [0.2, 0.25) is 0 Å². The average Bonchev–Trinajstić information content (AvgIpc) is 2.90. The van der Waals surface area contributed by atoms with Gasteiger partial charge in [-0.25, -0.2) is 4.79 Å². The summed E-state index contributed by atoms with van der Waals surface area (Å²) >= 11 is 0. The molecule has 22 heavy (non-hydrogen) atoms. The summed E-state index contributed by atoms with van der Waals surface area (Å²) < 4.78 is 5.92. The van der Waals surface area contributed by atoms with Crippen molar-refractivity contribution in [2.24, 2.45) is 0 Å². The van der Waals surface area contributed by atoms with Crippen LogP contribution in [0.3, 0.4) is 0 Å². The van der Waals surface area contributed by atoms with Gasteiger partial charge in [0.25, 0.3) is 0 Å². The van der Waals surface area contributed by atoms with E-state index in [0.717, 1.165) is 57.9 Å². The van der Waals surface area contributed by atoms with Gasteiger partial charge in [-0.05, 0) is 12.5 Å². The lowest BCUT2D eigenvalue weighted by atomic mass is 10.1. The first-order valence-electron chi connectivity index (χ1n) is 8.25. The number of ether oxygens (including phenoxy) is 1. The van der Waals surface area contributed by atoms with Crippen LogP contribution in [0.1, 0.15) is 25.3 Å². The van der Waals surface area contributed by atoms with Crippen molar-refractivity contribution >= 4 is 6.03 Å². The number of para-hydroxylation sites is 1.